The number of aryl methyl sites for hydroxylation is 1. The Balaban J connectivity index is 1.73. The molecule has 0 amide bonds. The van der Waals surface area contributed by atoms with E-state index in [4.69, 9.17) is 17.0 Å². The fourth-order valence-electron chi connectivity index (χ4n) is 4.09. The summed E-state index contributed by atoms with van der Waals surface area (Å²) in [7, 11) is 1.45. The summed E-state index contributed by atoms with van der Waals surface area (Å²) in [6, 6.07) is 8.80. The summed E-state index contributed by atoms with van der Waals surface area (Å²) in [4.78, 5) is 13.9. The normalized spacial score (nSPS) is 15.7. The molecule has 6 heteroatoms. The first-order valence-electron chi connectivity index (χ1n) is 11.3. The second-order valence-corrected chi connectivity index (χ2v) is 9.92. The second-order valence-electron chi connectivity index (χ2n) is 8.41. The van der Waals surface area contributed by atoms with Gasteiger partial charge in [0.05, 0.1) is 18.7 Å². The SMILES string of the molecule is CCC(C)c1ccc(C(C)NC(=S)Nc2sc3c(c2C(=O)OC)CCCCCC3)cc1. The molecule has 4 nitrogen and oxygen atoms in total. The van der Waals surface area contributed by atoms with Gasteiger partial charge in [-0.25, -0.2) is 4.79 Å². The van der Waals surface area contributed by atoms with Gasteiger partial charge in [-0.3, -0.25) is 0 Å². The van der Waals surface area contributed by atoms with E-state index in [9.17, 15) is 4.79 Å². The predicted molar refractivity (Wildman–Crippen MR) is 134 cm³/mol. The minimum absolute atomic E-state index is 0.0635. The van der Waals surface area contributed by atoms with Crippen molar-refractivity contribution in [1.82, 2.24) is 5.32 Å². The molecule has 2 atom stereocenters. The molecule has 2 aromatic rings. The zero-order valence-corrected chi connectivity index (χ0v) is 20.7. The van der Waals surface area contributed by atoms with Gasteiger partial charge in [0.2, 0.25) is 0 Å². The van der Waals surface area contributed by atoms with E-state index < -0.39 is 0 Å². The standard InChI is InChI=1S/C25H34N2O2S2/c1-5-16(2)18-12-14-19(15-13-18)17(3)26-25(30)27-23-22(24(28)29-4)20-10-8-6-7-9-11-21(20)31-23/h12-17H,5-11H2,1-4H3,(H2,26,27,30). The van der Waals surface area contributed by atoms with Crippen LogP contribution in [0.1, 0.15) is 96.8 Å². The average Bonchev–Trinajstić information content (AvgIpc) is 3.08. The zero-order valence-electron chi connectivity index (χ0n) is 19.0. The number of thiophene rings is 1. The van der Waals surface area contributed by atoms with Gasteiger partial charge in [-0.1, -0.05) is 51.0 Å². The molecule has 0 saturated heterocycles. The highest BCUT2D eigenvalue weighted by molar-refractivity contribution is 7.80. The first-order valence-corrected chi connectivity index (χ1v) is 12.6. The van der Waals surface area contributed by atoms with E-state index >= 15 is 0 Å². The summed E-state index contributed by atoms with van der Waals surface area (Å²) in [5.74, 6) is 0.284. The first kappa shape index (κ1) is 23.7. The Bertz CT molecular complexity index is 905. The van der Waals surface area contributed by atoms with Crippen LogP contribution < -0.4 is 10.6 Å². The third kappa shape index (κ3) is 5.86. The third-order valence-electron chi connectivity index (χ3n) is 6.25. The largest absolute Gasteiger partial charge is 0.465 e. The molecule has 168 valence electrons. The molecule has 1 aliphatic carbocycles. The fraction of sp³-hybridized carbons (Fsp3) is 0.520. The van der Waals surface area contributed by atoms with Gasteiger partial charge in [0.25, 0.3) is 0 Å². The zero-order chi connectivity index (χ0) is 22.4. The van der Waals surface area contributed by atoms with Crippen LogP contribution in [0.25, 0.3) is 0 Å². The maximum Gasteiger partial charge on any atom is 0.341 e. The van der Waals surface area contributed by atoms with Crippen LogP contribution >= 0.6 is 23.6 Å². The quantitative estimate of drug-likeness (QED) is 0.370. The molecule has 2 N–H and O–H groups in total. The Kier molecular flexibility index (Phi) is 8.50. The minimum Gasteiger partial charge on any atom is -0.465 e. The van der Waals surface area contributed by atoms with Gasteiger partial charge in [0.15, 0.2) is 5.11 Å². The second kappa shape index (κ2) is 11.1. The fourth-order valence-corrected chi connectivity index (χ4v) is 5.72. The molecule has 3 rings (SSSR count). The van der Waals surface area contributed by atoms with Gasteiger partial charge in [0, 0.05) is 4.88 Å². The number of fused-ring (bicyclic) bond motifs is 1. The Labute approximate surface area is 195 Å². The Hall–Kier alpha value is -1.92. The monoisotopic (exact) mass is 458 g/mol. The van der Waals surface area contributed by atoms with Gasteiger partial charge in [-0.15, -0.1) is 11.3 Å². The summed E-state index contributed by atoms with van der Waals surface area (Å²) >= 11 is 7.25. The molecule has 0 spiro atoms. The van der Waals surface area contributed by atoms with Crippen molar-refractivity contribution in [3.63, 3.8) is 0 Å². The number of thiocarbonyl (C=S) groups is 1. The highest BCUT2D eigenvalue weighted by atomic mass is 32.1. The number of esters is 1. The molecule has 1 aromatic heterocycles. The van der Waals surface area contributed by atoms with Crippen LogP contribution in [0, 0.1) is 0 Å². The van der Waals surface area contributed by atoms with Crippen molar-refractivity contribution in [1.29, 1.82) is 0 Å². The minimum atomic E-state index is -0.281. The first-order chi connectivity index (χ1) is 14.9. The van der Waals surface area contributed by atoms with Crippen molar-refractivity contribution in [2.24, 2.45) is 0 Å². The lowest BCUT2D eigenvalue weighted by Gasteiger charge is -2.18. The number of anilines is 1. The van der Waals surface area contributed by atoms with Crippen LogP contribution in [-0.2, 0) is 17.6 Å². The highest BCUT2D eigenvalue weighted by Crippen LogP contribution is 2.37. The lowest BCUT2D eigenvalue weighted by atomic mass is 9.96. The van der Waals surface area contributed by atoms with Crippen LogP contribution in [0.15, 0.2) is 24.3 Å². The average molecular weight is 459 g/mol. The number of carbonyl (C=O) groups is 1. The molecule has 1 aliphatic rings. The van der Waals surface area contributed by atoms with E-state index in [-0.39, 0.29) is 12.0 Å². The van der Waals surface area contributed by atoms with E-state index in [0.29, 0.717) is 16.6 Å². The molecule has 0 aliphatic heterocycles. The van der Waals surface area contributed by atoms with Crippen LogP contribution in [0.3, 0.4) is 0 Å². The summed E-state index contributed by atoms with van der Waals surface area (Å²) < 4.78 is 5.11. The number of methoxy groups -OCH3 is 1. The maximum absolute atomic E-state index is 12.6. The molecular formula is C25H34N2O2S2. The number of hydrogen-bond acceptors (Lipinski definition) is 4. The summed E-state index contributed by atoms with van der Waals surface area (Å²) in [6.07, 6.45) is 7.82. The number of ether oxygens (including phenoxy) is 1. The van der Waals surface area contributed by atoms with Crippen LogP contribution in [0.4, 0.5) is 5.00 Å². The molecule has 1 heterocycles. The summed E-state index contributed by atoms with van der Waals surface area (Å²) in [5, 5.41) is 8.00. The number of hydrogen-bond donors (Lipinski definition) is 2. The van der Waals surface area contributed by atoms with E-state index in [2.05, 4.69) is 55.7 Å². The van der Waals surface area contributed by atoms with Gasteiger partial charge in [0.1, 0.15) is 5.00 Å². The molecule has 31 heavy (non-hydrogen) atoms. The number of rotatable bonds is 6. The van der Waals surface area contributed by atoms with Gasteiger partial charge in [-0.05, 0) is 73.9 Å². The number of benzene rings is 1. The van der Waals surface area contributed by atoms with Crippen LogP contribution in [0.2, 0.25) is 0 Å². The van der Waals surface area contributed by atoms with Crippen LogP contribution in [-0.4, -0.2) is 18.2 Å². The number of nitrogens with one attached hydrogen (secondary N) is 2. The van der Waals surface area contributed by atoms with Crippen molar-refractivity contribution in [2.75, 3.05) is 12.4 Å². The molecule has 1 aromatic carbocycles. The molecule has 0 saturated carbocycles. The van der Waals surface area contributed by atoms with E-state index in [0.717, 1.165) is 36.2 Å². The topological polar surface area (TPSA) is 50.4 Å². The van der Waals surface area contributed by atoms with E-state index in [1.54, 1.807) is 11.3 Å². The molecule has 0 fully saturated rings. The Morgan fingerprint density at radius 2 is 1.74 bits per heavy atom. The summed E-state index contributed by atoms with van der Waals surface area (Å²) in [5.41, 5.74) is 4.36. The highest BCUT2D eigenvalue weighted by Gasteiger charge is 2.25. The Morgan fingerprint density at radius 3 is 2.39 bits per heavy atom. The van der Waals surface area contributed by atoms with Gasteiger partial charge < -0.3 is 15.4 Å². The third-order valence-corrected chi connectivity index (χ3v) is 7.68. The lowest BCUT2D eigenvalue weighted by Crippen LogP contribution is -2.31. The molecule has 0 bridgehead atoms. The lowest BCUT2D eigenvalue weighted by molar-refractivity contribution is 0.0601. The van der Waals surface area contributed by atoms with Crippen molar-refractivity contribution < 1.29 is 9.53 Å². The molecular weight excluding hydrogens is 424 g/mol. The van der Waals surface area contributed by atoms with Crippen molar-refractivity contribution >= 4 is 39.6 Å². The smallest absolute Gasteiger partial charge is 0.341 e. The number of carbonyl (C=O) groups excluding carboxylic acids is 1. The van der Waals surface area contributed by atoms with E-state index in [1.807, 2.05) is 0 Å². The predicted octanol–water partition coefficient (Wildman–Crippen LogP) is 6.75. The summed E-state index contributed by atoms with van der Waals surface area (Å²) in [6.45, 7) is 6.56. The van der Waals surface area contributed by atoms with Gasteiger partial charge in [-0.2, -0.15) is 0 Å². The maximum atomic E-state index is 12.6. The Morgan fingerprint density at radius 1 is 1.10 bits per heavy atom. The molecule has 2 unspecified atom stereocenters. The van der Waals surface area contributed by atoms with Crippen LogP contribution in [0.5, 0.6) is 0 Å². The molecule has 0 radical (unpaired) electrons. The van der Waals surface area contributed by atoms with Crippen molar-refractivity contribution in [3.8, 4) is 0 Å². The van der Waals surface area contributed by atoms with Gasteiger partial charge >= 0.3 is 5.97 Å². The van der Waals surface area contributed by atoms with Crippen molar-refractivity contribution in [3.05, 3.63) is 51.4 Å². The van der Waals surface area contributed by atoms with E-state index in [1.165, 1.54) is 42.4 Å². The van der Waals surface area contributed by atoms with Crippen molar-refractivity contribution in [2.45, 2.75) is 77.7 Å².